The zero-order valence-electron chi connectivity index (χ0n) is 11.9. The van der Waals surface area contributed by atoms with Crippen molar-refractivity contribution in [1.29, 1.82) is 0 Å². The first-order chi connectivity index (χ1) is 9.10. The normalized spacial score (nSPS) is 10.5. The Hall–Kier alpha value is -1.96. The maximum atomic E-state index is 5.93. The summed E-state index contributed by atoms with van der Waals surface area (Å²) in [5, 5.41) is 0. The number of hydrogen-bond acceptors (Lipinski definition) is 2. The van der Waals surface area contributed by atoms with Crippen molar-refractivity contribution in [3.05, 3.63) is 58.7 Å². The molecule has 2 heteroatoms. The molecular formula is C17H21NO. The number of aryl methyl sites for hydroxylation is 3. The SMILES string of the molecule is CCc1ccc(COc2c(C)cc(N)cc2C)cc1. The lowest BCUT2D eigenvalue weighted by Gasteiger charge is -2.13. The molecule has 19 heavy (non-hydrogen) atoms. The number of benzene rings is 2. The van der Waals surface area contributed by atoms with Gasteiger partial charge < -0.3 is 10.5 Å². The Morgan fingerprint density at radius 1 is 0.947 bits per heavy atom. The smallest absolute Gasteiger partial charge is 0.125 e. The average Bonchev–Trinajstić information content (AvgIpc) is 2.38. The van der Waals surface area contributed by atoms with Crippen molar-refractivity contribution < 1.29 is 4.74 Å². The fourth-order valence-electron chi connectivity index (χ4n) is 2.24. The van der Waals surface area contributed by atoms with Gasteiger partial charge in [-0.3, -0.25) is 0 Å². The van der Waals surface area contributed by atoms with Crippen molar-refractivity contribution in [2.75, 3.05) is 5.73 Å². The molecule has 0 aliphatic carbocycles. The number of hydrogen-bond donors (Lipinski definition) is 1. The van der Waals surface area contributed by atoms with Gasteiger partial charge in [0.1, 0.15) is 12.4 Å². The minimum atomic E-state index is 0.593. The molecule has 0 unspecified atom stereocenters. The van der Waals surface area contributed by atoms with E-state index in [-0.39, 0.29) is 0 Å². The van der Waals surface area contributed by atoms with Gasteiger partial charge in [0.15, 0.2) is 0 Å². The molecule has 0 aromatic heterocycles. The van der Waals surface area contributed by atoms with E-state index >= 15 is 0 Å². The lowest BCUT2D eigenvalue weighted by Crippen LogP contribution is -2.00. The van der Waals surface area contributed by atoms with Crippen molar-refractivity contribution in [2.24, 2.45) is 0 Å². The van der Waals surface area contributed by atoms with E-state index in [1.807, 2.05) is 26.0 Å². The Balaban J connectivity index is 2.10. The van der Waals surface area contributed by atoms with Gasteiger partial charge in [-0.1, -0.05) is 31.2 Å². The second-order valence-corrected chi connectivity index (χ2v) is 4.94. The zero-order valence-corrected chi connectivity index (χ0v) is 11.9. The predicted octanol–water partition coefficient (Wildman–Crippen LogP) is 4.03. The monoisotopic (exact) mass is 255 g/mol. The van der Waals surface area contributed by atoms with E-state index in [1.54, 1.807) is 0 Å². The van der Waals surface area contributed by atoms with Gasteiger partial charge in [-0.15, -0.1) is 0 Å². The van der Waals surface area contributed by atoms with E-state index in [2.05, 4.69) is 31.2 Å². The lowest BCUT2D eigenvalue weighted by molar-refractivity contribution is 0.302. The summed E-state index contributed by atoms with van der Waals surface area (Å²) >= 11 is 0. The highest BCUT2D eigenvalue weighted by Gasteiger charge is 2.05. The van der Waals surface area contributed by atoms with Crippen molar-refractivity contribution in [3.8, 4) is 5.75 Å². The number of ether oxygens (including phenoxy) is 1. The standard InChI is InChI=1S/C17H21NO/c1-4-14-5-7-15(8-6-14)11-19-17-12(2)9-16(18)10-13(17)3/h5-10H,4,11,18H2,1-3H3. The molecule has 0 bridgehead atoms. The van der Waals surface area contributed by atoms with Crippen molar-refractivity contribution in [1.82, 2.24) is 0 Å². The van der Waals surface area contributed by atoms with Gasteiger partial charge in [0.25, 0.3) is 0 Å². The number of rotatable bonds is 4. The highest BCUT2D eigenvalue weighted by Crippen LogP contribution is 2.26. The molecule has 100 valence electrons. The molecule has 0 aliphatic heterocycles. The van der Waals surface area contributed by atoms with Gasteiger partial charge in [0.05, 0.1) is 0 Å². The van der Waals surface area contributed by atoms with Crippen molar-refractivity contribution in [3.63, 3.8) is 0 Å². The molecule has 0 atom stereocenters. The molecule has 2 rings (SSSR count). The molecule has 2 aromatic rings. The van der Waals surface area contributed by atoms with Gasteiger partial charge >= 0.3 is 0 Å². The Bertz CT molecular complexity index is 535. The molecule has 0 radical (unpaired) electrons. The summed E-state index contributed by atoms with van der Waals surface area (Å²) in [7, 11) is 0. The molecule has 0 aliphatic rings. The van der Waals surface area contributed by atoms with Crippen LogP contribution in [0.3, 0.4) is 0 Å². The maximum Gasteiger partial charge on any atom is 0.125 e. The first-order valence-corrected chi connectivity index (χ1v) is 6.67. The fourth-order valence-corrected chi connectivity index (χ4v) is 2.24. The number of nitrogen functional groups attached to an aromatic ring is 1. The largest absolute Gasteiger partial charge is 0.488 e. The van der Waals surface area contributed by atoms with Crippen LogP contribution in [0.15, 0.2) is 36.4 Å². The minimum Gasteiger partial charge on any atom is -0.488 e. The highest BCUT2D eigenvalue weighted by atomic mass is 16.5. The Morgan fingerprint density at radius 3 is 2.00 bits per heavy atom. The Kier molecular flexibility index (Phi) is 4.10. The Morgan fingerprint density at radius 2 is 1.47 bits per heavy atom. The van der Waals surface area contributed by atoms with Crippen LogP contribution in [0.5, 0.6) is 5.75 Å². The highest BCUT2D eigenvalue weighted by molar-refractivity contribution is 5.52. The summed E-state index contributed by atoms with van der Waals surface area (Å²) in [6.07, 6.45) is 1.07. The van der Waals surface area contributed by atoms with Crippen LogP contribution in [0, 0.1) is 13.8 Å². The number of anilines is 1. The minimum absolute atomic E-state index is 0.593. The van der Waals surface area contributed by atoms with Gasteiger partial charge in [0.2, 0.25) is 0 Å². The molecule has 2 N–H and O–H groups in total. The number of nitrogens with two attached hydrogens (primary N) is 1. The quantitative estimate of drug-likeness (QED) is 0.837. The summed E-state index contributed by atoms with van der Waals surface area (Å²) in [6.45, 7) is 6.81. The summed E-state index contributed by atoms with van der Waals surface area (Å²) in [5.41, 5.74) is 11.3. The molecule has 0 amide bonds. The molecule has 0 saturated heterocycles. The van der Waals surface area contributed by atoms with Gasteiger partial charge in [-0.25, -0.2) is 0 Å². The van der Waals surface area contributed by atoms with E-state index in [0.717, 1.165) is 29.0 Å². The Labute approximate surface area is 115 Å². The molecule has 0 heterocycles. The van der Waals surface area contributed by atoms with Crippen LogP contribution >= 0.6 is 0 Å². The first-order valence-electron chi connectivity index (χ1n) is 6.67. The van der Waals surface area contributed by atoms with Crippen LogP contribution in [0.1, 0.15) is 29.2 Å². The third-order valence-electron chi connectivity index (χ3n) is 3.30. The molecule has 2 nitrogen and oxygen atoms in total. The van der Waals surface area contributed by atoms with Crippen LogP contribution in [-0.2, 0) is 13.0 Å². The summed E-state index contributed by atoms with van der Waals surface area (Å²) in [5.74, 6) is 0.939. The summed E-state index contributed by atoms with van der Waals surface area (Å²) < 4.78 is 5.93. The van der Waals surface area contributed by atoms with Crippen LogP contribution in [-0.4, -0.2) is 0 Å². The fraction of sp³-hybridized carbons (Fsp3) is 0.294. The molecule has 2 aromatic carbocycles. The van der Waals surface area contributed by atoms with E-state index in [1.165, 1.54) is 11.1 Å². The van der Waals surface area contributed by atoms with Crippen molar-refractivity contribution >= 4 is 5.69 Å². The summed E-state index contributed by atoms with van der Waals surface area (Å²) in [4.78, 5) is 0. The van der Waals surface area contributed by atoms with E-state index in [0.29, 0.717) is 6.61 Å². The maximum absolute atomic E-state index is 5.93. The first kappa shape index (κ1) is 13.5. The van der Waals surface area contributed by atoms with Gasteiger partial charge in [-0.05, 0) is 54.7 Å². The third kappa shape index (κ3) is 3.28. The van der Waals surface area contributed by atoms with Crippen LogP contribution < -0.4 is 10.5 Å². The second kappa shape index (κ2) is 5.79. The van der Waals surface area contributed by atoms with E-state index in [4.69, 9.17) is 10.5 Å². The molecular weight excluding hydrogens is 234 g/mol. The zero-order chi connectivity index (χ0) is 13.8. The molecule has 0 saturated carbocycles. The van der Waals surface area contributed by atoms with Crippen LogP contribution in [0.25, 0.3) is 0 Å². The second-order valence-electron chi connectivity index (χ2n) is 4.94. The lowest BCUT2D eigenvalue weighted by atomic mass is 10.1. The molecule has 0 spiro atoms. The van der Waals surface area contributed by atoms with E-state index in [9.17, 15) is 0 Å². The van der Waals surface area contributed by atoms with Gasteiger partial charge in [-0.2, -0.15) is 0 Å². The third-order valence-corrected chi connectivity index (χ3v) is 3.30. The predicted molar refractivity (Wildman–Crippen MR) is 80.5 cm³/mol. The average molecular weight is 255 g/mol. The van der Waals surface area contributed by atoms with Crippen LogP contribution in [0.4, 0.5) is 5.69 Å². The topological polar surface area (TPSA) is 35.2 Å². The van der Waals surface area contributed by atoms with Gasteiger partial charge in [0, 0.05) is 5.69 Å². The van der Waals surface area contributed by atoms with Crippen LogP contribution in [0.2, 0.25) is 0 Å². The van der Waals surface area contributed by atoms with E-state index < -0.39 is 0 Å². The molecule has 0 fully saturated rings. The summed E-state index contributed by atoms with van der Waals surface area (Å²) in [6, 6.07) is 12.5. The van der Waals surface area contributed by atoms with Crippen molar-refractivity contribution in [2.45, 2.75) is 33.8 Å².